The summed E-state index contributed by atoms with van der Waals surface area (Å²) >= 11 is 0. The van der Waals surface area contributed by atoms with Gasteiger partial charge in [-0.3, -0.25) is 14.2 Å². The van der Waals surface area contributed by atoms with E-state index in [-0.39, 0.29) is 18.0 Å². The number of rotatable bonds is 6. The van der Waals surface area contributed by atoms with E-state index in [1.165, 1.54) is 17.1 Å². The van der Waals surface area contributed by atoms with Gasteiger partial charge in [0.2, 0.25) is 5.91 Å². The average molecular weight is 341 g/mol. The molecular weight excluding hydrogens is 322 g/mol. The first kappa shape index (κ1) is 16.8. The van der Waals surface area contributed by atoms with Crippen LogP contribution in [0.4, 0.5) is 0 Å². The summed E-state index contributed by atoms with van der Waals surface area (Å²) in [6.07, 6.45) is 2.85. The largest absolute Gasteiger partial charge is 0.383 e. The number of fused-ring (bicyclic) bond motifs is 1. The van der Waals surface area contributed by atoms with Crippen LogP contribution in [0.1, 0.15) is 5.56 Å². The smallest absolute Gasteiger partial charge is 0.264 e. The van der Waals surface area contributed by atoms with Gasteiger partial charge in [-0.2, -0.15) is 5.10 Å². The Morgan fingerprint density at radius 3 is 2.88 bits per heavy atom. The molecule has 0 unspecified atom stereocenters. The minimum absolute atomic E-state index is 0.0962. The van der Waals surface area contributed by atoms with E-state index in [0.717, 1.165) is 11.3 Å². The molecule has 8 nitrogen and oxygen atoms in total. The molecule has 130 valence electrons. The maximum Gasteiger partial charge on any atom is 0.264 e. The van der Waals surface area contributed by atoms with Crippen molar-refractivity contribution in [1.29, 1.82) is 0 Å². The number of amides is 1. The van der Waals surface area contributed by atoms with Crippen LogP contribution >= 0.6 is 0 Å². The second-order valence-corrected chi connectivity index (χ2v) is 5.60. The SMILES string of the molecule is COCCNC(=O)Cn1cnc2c(cnn2-c2ccccc2C)c1=O. The van der Waals surface area contributed by atoms with Crippen molar-refractivity contribution >= 4 is 16.9 Å². The molecule has 0 fully saturated rings. The number of benzene rings is 1. The number of methoxy groups -OCH3 is 1. The monoisotopic (exact) mass is 341 g/mol. The van der Waals surface area contributed by atoms with Crippen LogP contribution in [-0.4, -0.2) is 45.5 Å². The van der Waals surface area contributed by atoms with Crippen molar-refractivity contribution in [1.82, 2.24) is 24.6 Å². The van der Waals surface area contributed by atoms with Crippen molar-refractivity contribution in [3.63, 3.8) is 0 Å². The molecule has 25 heavy (non-hydrogen) atoms. The van der Waals surface area contributed by atoms with Gasteiger partial charge in [-0.05, 0) is 18.6 Å². The summed E-state index contributed by atoms with van der Waals surface area (Å²) in [5.41, 5.74) is 2.05. The minimum Gasteiger partial charge on any atom is -0.383 e. The van der Waals surface area contributed by atoms with Crippen LogP contribution in [0.15, 0.2) is 41.6 Å². The molecule has 1 aromatic carbocycles. The van der Waals surface area contributed by atoms with E-state index < -0.39 is 0 Å². The Bertz CT molecular complexity index is 960. The first-order chi connectivity index (χ1) is 12.1. The predicted octanol–water partition coefficient (Wildman–Crippen LogP) is 0.653. The summed E-state index contributed by atoms with van der Waals surface area (Å²) < 4.78 is 7.78. The van der Waals surface area contributed by atoms with Gasteiger partial charge in [-0.1, -0.05) is 18.2 Å². The van der Waals surface area contributed by atoms with Crippen LogP contribution in [0.2, 0.25) is 0 Å². The van der Waals surface area contributed by atoms with Gasteiger partial charge in [0.15, 0.2) is 5.65 Å². The van der Waals surface area contributed by atoms with Crippen molar-refractivity contribution in [2.24, 2.45) is 0 Å². The number of aryl methyl sites for hydroxylation is 1. The van der Waals surface area contributed by atoms with Crippen molar-refractivity contribution in [3.8, 4) is 5.69 Å². The number of aromatic nitrogens is 4. The fraction of sp³-hybridized carbons (Fsp3) is 0.294. The highest BCUT2D eigenvalue weighted by molar-refractivity contribution is 5.78. The number of nitrogens with zero attached hydrogens (tertiary/aromatic N) is 4. The van der Waals surface area contributed by atoms with E-state index in [0.29, 0.717) is 24.2 Å². The van der Waals surface area contributed by atoms with E-state index in [2.05, 4.69) is 15.4 Å². The van der Waals surface area contributed by atoms with Gasteiger partial charge in [0.25, 0.3) is 5.56 Å². The van der Waals surface area contributed by atoms with Gasteiger partial charge in [-0.15, -0.1) is 0 Å². The summed E-state index contributed by atoms with van der Waals surface area (Å²) in [6.45, 7) is 2.68. The van der Waals surface area contributed by atoms with E-state index in [9.17, 15) is 9.59 Å². The zero-order valence-corrected chi connectivity index (χ0v) is 14.1. The molecule has 3 rings (SSSR count). The molecule has 0 aliphatic carbocycles. The summed E-state index contributed by atoms with van der Waals surface area (Å²) in [5, 5.41) is 7.34. The van der Waals surface area contributed by atoms with E-state index in [1.807, 2.05) is 31.2 Å². The zero-order chi connectivity index (χ0) is 17.8. The Morgan fingerprint density at radius 1 is 1.32 bits per heavy atom. The molecule has 0 saturated carbocycles. The molecule has 0 aliphatic rings. The van der Waals surface area contributed by atoms with E-state index in [1.54, 1.807) is 11.8 Å². The number of hydrogen-bond acceptors (Lipinski definition) is 5. The van der Waals surface area contributed by atoms with Crippen molar-refractivity contribution in [3.05, 3.63) is 52.7 Å². The van der Waals surface area contributed by atoms with Crippen LogP contribution < -0.4 is 10.9 Å². The van der Waals surface area contributed by atoms with E-state index in [4.69, 9.17) is 4.74 Å². The van der Waals surface area contributed by atoms with Crippen LogP contribution in [0.5, 0.6) is 0 Å². The highest BCUT2D eigenvalue weighted by Gasteiger charge is 2.13. The molecular formula is C17H19N5O3. The van der Waals surface area contributed by atoms with Crippen LogP contribution in [0.25, 0.3) is 16.7 Å². The zero-order valence-electron chi connectivity index (χ0n) is 14.1. The molecule has 1 N–H and O–H groups in total. The third-order valence-corrected chi connectivity index (χ3v) is 3.84. The van der Waals surface area contributed by atoms with Gasteiger partial charge in [0, 0.05) is 13.7 Å². The fourth-order valence-electron chi connectivity index (χ4n) is 2.54. The third-order valence-electron chi connectivity index (χ3n) is 3.84. The molecule has 1 amide bonds. The molecule has 0 radical (unpaired) electrons. The maximum atomic E-state index is 12.6. The number of ether oxygens (including phenoxy) is 1. The quantitative estimate of drug-likeness (QED) is 0.665. The lowest BCUT2D eigenvalue weighted by molar-refractivity contribution is -0.121. The molecule has 3 aromatic rings. The van der Waals surface area contributed by atoms with Gasteiger partial charge >= 0.3 is 0 Å². The predicted molar refractivity (Wildman–Crippen MR) is 92.7 cm³/mol. The van der Waals surface area contributed by atoms with Gasteiger partial charge in [0.05, 0.1) is 18.5 Å². The third kappa shape index (κ3) is 3.43. The second-order valence-electron chi connectivity index (χ2n) is 5.60. The Morgan fingerprint density at radius 2 is 2.12 bits per heavy atom. The number of hydrogen-bond donors (Lipinski definition) is 1. The Balaban J connectivity index is 1.91. The van der Waals surface area contributed by atoms with E-state index >= 15 is 0 Å². The number of para-hydroxylation sites is 1. The standard InChI is InChI=1S/C17H19N5O3/c1-12-5-3-4-6-14(12)22-16-13(9-20-22)17(24)21(11-19-16)10-15(23)18-7-8-25-2/h3-6,9,11H,7-8,10H2,1-2H3,(H,18,23). The molecule has 0 spiro atoms. The fourth-order valence-corrected chi connectivity index (χ4v) is 2.54. The lowest BCUT2D eigenvalue weighted by Crippen LogP contribution is -2.34. The highest BCUT2D eigenvalue weighted by Crippen LogP contribution is 2.16. The average Bonchev–Trinajstić information content (AvgIpc) is 3.03. The molecule has 0 atom stereocenters. The van der Waals surface area contributed by atoms with Crippen molar-refractivity contribution in [2.75, 3.05) is 20.3 Å². The topological polar surface area (TPSA) is 91.0 Å². The lowest BCUT2D eigenvalue weighted by atomic mass is 10.2. The maximum absolute atomic E-state index is 12.6. The van der Waals surface area contributed by atoms with Crippen molar-refractivity contribution < 1.29 is 9.53 Å². The first-order valence-electron chi connectivity index (χ1n) is 7.86. The number of carbonyl (C=O) groups excluding carboxylic acids is 1. The Hall–Kier alpha value is -3.00. The number of nitrogens with one attached hydrogen (secondary N) is 1. The van der Waals surface area contributed by atoms with Gasteiger partial charge in [-0.25, -0.2) is 9.67 Å². The molecule has 2 aromatic heterocycles. The molecule has 8 heteroatoms. The lowest BCUT2D eigenvalue weighted by Gasteiger charge is -2.08. The van der Waals surface area contributed by atoms with Crippen LogP contribution in [0, 0.1) is 6.92 Å². The number of carbonyl (C=O) groups is 1. The summed E-state index contributed by atoms with van der Waals surface area (Å²) in [5.74, 6) is -0.272. The summed E-state index contributed by atoms with van der Waals surface area (Å²) in [4.78, 5) is 28.8. The molecule has 2 heterocycles. The molecule has 0 aliphatic heterocycles. The van der Waals surface area contributed by atoms with Crippen LogP contribution in [0.3, 0.4) is 0 Å². The minimum atomic E-state index is -0.299. The second kappa shape index (κ2) is 7.27. The summed E-state index contributed by atoms with van der Waals surface area (Å²) in [7, 11) is 1.56. The summed E-state index contributed by atoms with van der Waals surface area (Å²) in [6, 6.07) is 7.72. The Labute approximate surface area is 144 Å². The van der Waals surface area contributed by atoms with Gasteiger partial charge in [0.1, 0.15) is 18.3 Å². The highest BCUT2D eigenvalue weighted by atomic mass is 16.5. The first-order valence-corrected chi connectivity index (χ1v) is 7.86. The van der Waals surface area contributed by atoms with Crippen molar-refractivity contribution in [2.45, 2.75) is 13.5 Å². The molecule has 0 bridgehead atoms. The normalized spacial score (nSPS) is 11.0. The van der Waals surface area contributed by atoms with Gasteiger partial charge < -0.3 is 10.1 Å². The molecule has 0 saturated heterocycles. The Kier molecular flexibility index (Phi) is 4.90. The van der Waals surface area contributed by atoms with Crippen LogP contribution in [-0.2, 0) is 16.1 Å².